The van der Waals surface area contributed by atoms with Gasteiger partial charge in [-0.15, -0.1) is 0 Å². The summed E-state index contributed by atoms with van der Waals surface area (Å²) < 4.78 is 11.6. The van der Waals surface area contributed by atoms with Crippen LogP contribution in [0.25, 0.3) is 11.5 Å². The Morgan fingerprint density at radius 1 is 1.27 bits per heavy atom. The molecule has 2 aromatic rings. The molecule has 0 amide bonds. The lowest BCUT2D eigenvalue weighted by Gasteiger charge is -2.34. The predicted octanol–water partition coefficient (Wildman–Crippen LogP) is 3.48. The molecule has 2 heterocycles. The van der Waals surface area contributed by atoms with Crippen LogP contribution in [0.5, 0.6) is 0 Å². The number of morpholine rings is 1. The molecule has 0 unspecified atom stereocenters. The third kappa shape index (κ3) is 2.80. The highest BCUT2D eigenvalue weighted by molar-refractivity contribution is 6.33. The van der Waals surface area contributed by atoms with Crippen LogP contribution in [0.4, 0.5) is 5.88 Å². The van der Waals surface area contributed by atoms with Crippen LogP contribution < -0.4 is 4.90 Å². The van der Waals surface area contributed by atoms with Gasteiger partial charge in [0.15, 0.2) is 0 Å². The number of nitrogens with zero attached hydrogens (tertiary/aromatic N) is 3. The monoisotopic (exact) mass is 317 g/mol. The van der Waals surface area contributed by atoms with E-state index in [1.807, 2.05) is 36.9 Å². The zero-order chi connectivity index (χ0) is 15.7. The number of halogens is 1. The molecule has 3 rings (SSSR count). The van der Waals surface area contributed by atoms with Gasteiger partial charge in [-0.1, -0.05) is 23.7 Å². The van der Waals surface area contributed by atoms with Crippen molar-refractivity contribution in [3.63, 3.8) is 0 Å². The van der Waals surface area contributed by atoms with Gasteiger partial charge in [0.05, 0.1) is 22.8 Å². The van der Waals surface area contributed by atoms with E-state index in [-0.39, 0.29) is 17.9 Å². The van der Waals surface area contributed by atoms with Crippen molar-refractivity contribution in [1.82, 2.24) is 4.98 Å². The van der Waals surface area contributed by atoms with Crippen LogP contribution in [0.15, 0.2) is 28.7 Å². The molecule has 1 aromatic heterocycles. The van der Waals surface area contributed by atoms with Crippen LogP contribution in [0.1, 0.15) is 19.5 Å². The van der Waals surface area contributed by atoms with Gasteiger partial charge in [0.2, 0.25) is 17.5 Å². The molecular weight excluding hydrogens is 302 g/mol. The fraction of sp³-hybridized carbons (Fsp3) is 0.375. The predicted molar refractivity (Wildman–Crippen MR) is 83.9 cm³/mol. The molecule has 0 bridgehead atoms. The number of nitriles is 1. The first kappa shape index (κ1) is 14.9. The third-order valence-electron chi connectivity index (χ3n) is 3.53. The Labute approximate surface area is 134 Å². The molecule has 114 valence electrons. The van der Waals surface area contributed by atoms with E-state index in [0.29, 0.717) is 35.5 Å². The second-order valence-electron chi connectivity index (χ2n) is 5.43. The van der Waals surface area contributed by atoms with Gasteiger partial charge in [-0.05, 0) is 26.0 Å². The lowest BCUT2D eigenvalue weighted by atomic mass is 10.2. The van der Waals surface area contributed by atoms with Gasteiger partial charge in [0.1, 0.15) is 6.07 Å². The van der Waals surface area contributed by atoms with Crippen molar-refractivity contribution in [3.05, 3.63) is 35.0 Å². The summed E-state index contributed by atoms with van der Waals surface area (Å²) >= 11 is 6.18. The fourth-order valence-electron chi connectivity index (χ4n) is 2.69. The summed E-state index contributed by atoms with van der Waals surface area (Å²) in [5.41, 5.74) is 0.956. The highest BCUT2D eigenvalue weighted by Gasteiger charge is 2.28. The van der Waals surface area contributed by atoms with E-state index >= 15 is 0 Å². The second-order valence-corrected chi connectivity index (χ2v) is 5.83. The molecule has 1 aliphatic rings. The second kappa shape index (κ2) is 5.99. The topological polar surface area (TPSA) is 62.3 Å². The molecule has 0 N–H and O–H groups in total. The number of ether oxygens (including phenoxy) is 1. The van der Waals surface area contributed by atoms with Crippen molar-refractivity contribution in [3.8, 4) is 17.5 Å². The standard InChI is InChI=1S/C16H16ClN3O2/c1-10-8-20(9-11(2)21-10)16-14(7-18)19-15(22-16)12-5-3-4-6-13(12)17/h3-6,10-11H,8-9H2,1-2H3/t10-,11-/m0/s1. The van der Waals surface area contributed by atoms with Crippen molar-refractivity contribution >= 4 is 17.5 Å². The van der Waals surface area contributed by atoms with E-state index in [2.05, 4.69) is 11.1 Å². The lowest BCUT2D eigenvalue weighted by Crippen LogP contribution is -2.45. The van der Waals surface area contributed by atoms with E-state index in [1.165, 1.54) is 0 Å². The summed E-state index contributed by atoms with van der Waals surface area (Å²) in [6, 6.07) is 9.39. The average molecular weight is 318 g/mol. The minimum Gasteiger partial charge on any atom is -0.419 e. The molecule has 1 fully saturated rings. The summed E-state index contributed by atoms with van der Waals surface area (Å²) in [7, 11) is 0. The highest BCUT2D eigenvalue weighted by atomic mass is 35.5. The van der Waals surface area contributed by atoms with Crippen LogP contribution >= 0.6 is 11.6 Å². The first-order valence-electron chi connectivity index (χ1n) is 7.14. The molecule has 0 radical (unpaired) electrons. The number of rotatable bonds is 2. The van der Waals surface area contributed by atoms with Gasteiger partial charge in [-0.3, -0.25) is 0 Å². The maximum Gasteiger partial charge on any atom is 0.235 e. The molecule has 1 aromatic carbocycles. The van der Waals surface area contributed by atoms with Gasteiger partial charge in [0, 0.05) is 13.1 Å². The quantitative estimate of drug-likeness (QED) is 0.848. The number of oxazole rings is 1. The Balaban J connectivity index is 1.99. The van der Waals surface area contributed by atoms with E-state index in [9.17, 15) is 5.26 Å². The molecule has 0 saturated carbocycles. The minimum atomic E-state index is 0.0733. The fourth-order valence-corrected chi connectivity index (χ4v) is 2.91. The van der Waals surface area contributed by atoms with E-state index in [1.54, 1.807) is 6.07 Å². The maximum atomic E-state index is 9.35. The summed E-state index contributed by atoms with van der Waals surface area (Å²) in [5.74, 6) is 0.850. The first-order valence-corrected chi connectivity index (χ1v) is 7.52. The SMILES string of the molecule is C[C@H]1CN(c2oc(-c3ccccc3Cl)nc2C#N)C[C@H](C)O1. The first-order chi connectivity index (χ1) is 10.6. The van der Waals surface area contributed by atoms with Gasteiger partial charge >= 0.3 is 0 Å². The Morgan fingerprint density at radius 2 is 1.95 bits per heavy atom. The van der Waals surface area contributed by atoms with Gasteiger partial charge in [-0.2, -0.15) is 10.2 Å². The number of aromatic nitrogens is 1. The molecule has 1 saturated heterocycles. The molecule has 0 spiro atoms. The van der Waals surface area contributed by atoms with E-state index in [4.69, 9.17) is 20.8 Å². The lowest BCUT2D eigenvalue weighted by molar-refractivity contribution is -0.00638. The molecular formula is C16H16ClN3O2. The largest absolute Gasteiger partial charge is 0.419 e. The summed E-state index contributed by atoms with van der Waals surface area (Å²) in [6.45, 7) is 5.33. The van der Waals surface area contributed by atoms with Crippen molar-refractivity contribution in [1.29, 1.82) is 5.26 Å². The van der Waals surface area contributed by atoms with Crippen molar-refractivity contribution in [2.75, 3.05) is 18.0 Å². The number of hydrogen-bond donors (Lipinski definition) is 0. The zero-order valence-corrected chi connectivity index (χ0v) is 13.2. The van der Waals surface area contributed by atoms with Gasteiger partial charge in [-0.25, -0.2) is 0 Å². The molecule has 1 aliphatic heterocycles. The smallest absolute Gasteiger partial charge is 0.235 e. The Morgan fingerprint density at radius 3 is 2.59 bits per heavy atom. The van der Waals surface area contributed by atoms with Crippen LogP contribution in [0.2, 0.25) is 5.02 Å². The molecule has 22 heavy (non-hydrogen) atoms. The zero-order valence-electron chi connectivity index (χ0n) is 12.4. The number of hydrogen-bond acceptors (Lipinski definition) is 5. The van der Waals surface area contributed by atoms with Crippen molar-refractivity contribution in [2.45, 2.75) is 26.1 Å². The maximum absolute atomic E-state index is 9.35. The molecule has 5 nitrogen and oxygen atoms in total. The van der Waals surface area contributed by atoms with Crippen molar-refractivity contribution in [2.24, 2.45) is 0 Å². The van der Waals surface area contributed by atoms with Crippen LogP contribution in [0, 0.1) is 11.3 Å². The highest BCUT2D eigenvalue weighted by Crippen LogP contribution is 2.33. The van der Waals surface area contributed by atoms with Gasteiger partial charge in [0.25, 0.3) is 0 Å². The Hall–Kier alpha value is -2.03. The Bertz CT molecular complexity index is 712. The van der Waals surface area contributed by atoms with Crippen LogP contribution in [0.3, 0.4) is 0 Å². The third-order valence-corrected chi connectivity index (χ3v) is 3.86. The minimum absolute atomic E-state index is 0.0733. The van der Waals surface area contributed by atoms with Crippen molar-refractivity contribution < 1.29 is 9.15 Å². The number of anilines is 1. The van der Waals surface area contributed by atoms with Gasteiger partial charge < -0.3 is 14.1 Å². The Kier molecular flexibility index (Phi) is 4.06. The molecule has 0 aliphatic carbocycles. The molecule has 6 heteroatoms. The summed E-state index contributed by atoms with van der Waals surface area (Å²) in [6.07, 6.45) is 0.147. The van der Waals surface area contributed by atoms with Crippen LogP contribution in [-0.4, -0.2) is 30.3 Å². The summed E-state index contributed by atoms with van der Waals surface area (Å²) in [5, 5.41) is 9.89. The van der Waals surface area contributed by atoms with Crippen LogP contribution in [-0.2, 0) is 4.74 Å². The normalized spacial score (nSPS) is 21.6. The van der Waals surface area contributed by atoms with E-state index < -0.39 is 0 Å². The number of benzene rings is 1. The molecule has 2 atom stereocenters. The average Bonchev–Trinajstić information content (AvgIpc) is 2.91. The summed E-state index contributed by atoms with van der Waals surface area (Å²) in [4.78, 5) is 6.30. The van der Waals surface area contributed by atoms with E-state index in [0.717, 1.165) is 0 Å².